The maximum absolute atomic E-state index is 12.7. The largest absolute Gasteiger partial charge is 0.444 e. The summed E-state index contributed by atoms with van der Waals surface area (Å²) >= 11 is 12.1. The SMILES string of the molecule is CC(C)(C)OC(=O)N1CCNCC1c1cc(-c2ccc(Cl)cc2)nc(Cl)n1. The maximum atomic E-state index is 12.7. The van der Waals surface area contributed by atoms with Gasteiger partial charge >= 0.3 is 6.09 Å². The van der Waals surface area contributed by atoms with E-state index >= 15 is 0 Å². The second-order valence-corrected chi connectivity index (χ2v) is 8.12. The summed E-state index contributed by atoms with van der Waals surface area (Å²) < 4.78 is 5.56. The zero-order valence-electron chi connectivity index (χ0n) is 15.5. The highest BCUT2D eigenvalue weighted by Gasteiger charge is 2.32. The molecule has 1 saturated heterocycles. The lowest BCUT2D eigenvalue weighted by Crippen LogP contribution is -2.50. The third-order valence-electron chi connectivity index (χ3n) is 4.07. The van der Waals surface area contributed by atoms with Crippen molar-refractivity contribution in [1.82, 2.24) is 20.2 Å². The fourth-order valence-electron chi connectivity index (χ4n) is 2.88. The fourth-order valence-corrected chi connectivity index (χ4v) is 3.20. The molecule has 1 aromatic heterocycles. The molecule has 144 valence electrons. The molecule has 0 radical (unpaired) electrons. The molecule has 1 N–H and O–H groups in total. The highest BCUT2D eigenvalue weighted by atomic mass is 35.5. The van der Waals surface area contributed by atoms with Gasteiger partial charge in [-0.1, -0.05) is 23.7 Å². The summed E-state index contributed by atoms with van der Waals surface area (Å²) in [5.74, 6) is 0. The van der Waals surface area contributed by atoms with Crippen LogP contribution in [0.25, 0.3) is 11.3 Å². The van der Waals surface area contributed by atoms with Crippen LogP contribution in [0.2, 0.25) is 10.3 Å². The number of halogens is 2. The lowest BCUT2D eigenvalue weighted by Gasteiger charge is -2.36. The number of hydrogen-bond acceptors (Lipinski definition) is 5. The maximum Gasteiger partial charge on any atom is 0.410 e. The van der Waals surface area contributed by atoms with Gasteiger partial charge in [-0.05, 0) is 50.6 Å². The van der Waals surface area contributed by atoms with Crippen molar-refractivity contribution in [3.05, 3.63) is 46.3 Å². The van der Waals surface area contributed by atoms with Gasteiger partial charge in [0.05, 0.1) is 17.4 Å². The quantitative estimate of drug-likeness (QED) is 0.748. The summed E-state index contributed by atoms with van der Waals surface area (Å²) in [6.45, 7) is 7.33. The molecule has 2 aromatic rings. The fraction of sp³-hybridized carbons (Fsp3) is 0.421. The highest BCUT2D eigenvalue weighted by molar-refractivity contribution is 6.30. The first kappa shape index (κ1) is 19.9. The molecule has 27 heavy (non-hydrogen) atoms. The number of aromatic nitrogens is 2. The van der Waals surface area contributed by atoms with Gasteiger partial charge in [-0.2, -0.15) is 0 Å². The third kappa shape index (κ3) is 5.09. The van der Waals surface area contributed by atoms with E-state index in [1.165, 1.54) is 0 Å². The number of carbonyl (C=O) groups is 1. The van der Waals surface area contributed by atoms with Crippen molar-refractivity contribution in [2.75, 3.05) is 19.6 Å². The molecule has 0 bridgehead atoms. The lowest BCUT2D eigenvalue weighted by molar-refractivity contribution is 0.0113. The summed E-state index contributed by atoms with van der Waals surface area (Å²) in [7, 11) is 0. The lowest BCUT2D eigenvalue weighted by atomic mass is 10.1. The van der Waals surface area contributed by atoms with Crippen molar-refractivity contribution in [1.29, 1.82) is 0 Å². The van der Waals surface area contributed by atoms with Crippen LogP contribution in [0.3, 0.4) is 0 Å². The Morgan fingerprint density at radius 1 is 1.22 bits per heavy atom. The van der Waals surface area contributed by atoms with Crippen LogP contribution >= 0.6 is 23.2 Å². The Morgan fingerprint density at radius 3 is 2.59 bits per heavy atom. The Balaban J connectivity index is 1.93. The summed E-state index contributed by atoms with van der Waals surface area (Å²) in [6.07, 6.45) is -0.364. The molecule has 1 aromatic carbocycles. The monoisotopic (exact) mass is 408 g/mol. The van der Waals surface area contributed by atoms with Gasteiger partial charge in [-0.15, -0.1) is 0 Å². The van der Waals surface area contributed by atoms with E-state index in [1.54, 1.807) is 17.0 Å². The van der Waals surface area contributed by atoms with E-state index in [1.807, 2.05) is 39.0 Å². The molecule has 1 unspecified atom stereocenters. The van der Waals surface area contributed by atoms with Crippen molar-refractivity contribution in [2.24, 2.45) is 0 Å². The molecule has 1 aliphatic rings. The molecule has 1 atom stereocenters. The minimum atomic E-state index is -0.565. The van der Waals surface area contributed by atoms with Gasteiger partial charge in [-0.3, -0.25) is 4.90 Å². The van der Waals surface area contributed by atoms with Crippen LogP contribution in [-0.4, -0.2) is 46.2 Å². The molecule has 2 heterocycles. The topological polar surface area (TPSA) is 67.3 Å². The third-order valence-corrected chi connectivity index (χ3v) is 4.49. The number of nitrogens with zero attached hydrogens (tertiary/aromatic N) is 3. The first-order valence-corrected chi connectivity index (χ1v) is 9.49. The number of piperazine rings is 1. The number of ether oxygens (including phenoxy) is 1. The van der Waals surface area contributed by atoms with Crippen LogP contribution in [-0.2, 0) is 4.74 Å². The molecule has 0 spiro atoms. The number of carbonyl (C=O) groups excluding carboxylic acids is 1. The van der Waals surface area contributed by atoms with E-state index in [9.17, 15) is 4.79 Å². The van der Waals surface area contributed by atoms with E-state index < -0.39 is 5.60 Å². The number of amides is 1. The predicted molar refractivity (Wildman–Crippen MR) is 106 cm³/mol. The van der Waals surface area contributed by atoms with E-state index in [2.05, 4.69) is 15.3 Å². The van der Waals surface area contributed by atoms with Gasteiger partial charge in [0.2, 0.25) is 5.28 Å². The van der Waals surface area contributed by atoms with Crippen LogP contribution in [0.5, 0.6) is 0 Å². The molecule has 0 aliphatic carbocycles. The molecule has 3 rings (SSSR count). The molecule has 1 amide bonds. The molecule has 8 heteroatoms. The average molecular weight is 409 g/mol. The van der Waals surface area contributed by atoms with Crippen LogP contribution in [0.15, 0.2) is 30.3 Å². The molecule has 6 nitrogen and oxygen atoms in total. The molecule has 1 aliphatic heterocycles. The van der Waals surface area contributed by atoms with E-state index in [0.29, 0.717) is 36.0 Å². The van der Waals surface area contributed by atoms with Crippen molar-refractivity contribution in [3.8, 4) is 11.3 Å². The zero-order valence-corrected chi connectivity index (χ0v) is 17.0. The minimum Gasteiger partial charge on any atom is -0.444 e. The van der Waals surface area contributed by atoms with Gasteiger partial charge in [0, 0.05) is 30.2 Å². The van der Waals surface area contributed by atoms with Gasteiger partial charge in [0.25, 0.3) is 0 Å². The number of rotatable bonds is 2. The van der Waals surface area contributed by atoms with Gasteiger partial charge in [-0.25, -0.2) is 14.8 Å². The van der Waals surface area contributed by atoms with Gasteiger partial charge in [0.1, 0.15) is 5.60 Å². The standard InChI is InChI=1S/C19H22Cl2N4O2/c1-19(2,3)27-18(26)25-9-8-22-11-16(25)15-10-14(23-17(21)24-15)12-4-6-13(20)7-5-12/h4-7,10,16,22H,8-9,11H2,1-3H3. The Kier molecular flexibility index (Phi) is 5.89. The zero-order chi connectivity index (χ0) is 19.6. The first-order valence-electron chi connectivity index (χ1n) is 8.74. The normalized spacial score (nSPS) is 17.7. The summed E-state index contributed by atoms with van der Waals surface area (Å²) in [5.41, 5.74) is 1.65. The molecular formula is C19H22Cl2N4O2. The molecule has 0 saturated carbocycles. The van der Waals surface area contributed by atoms with Crippen molar-refractivity contribution < 1.29 is 9.53 Å². The van der Waals surface area contributed by atoms with E-state index in [0.717, 1.165) is 5.56 Å². The Bertz CT molecular complexity index is 821. The van der Waals surface area contributed by atoms with E-state index in [4.69, 9.17) is 27.9 Å². The van der Waals surface area contributed by atoms with Crippen molar-refractivity contribution in [2.45, 2.75) is 32.4 Å². The van der Waals surface area contributed by atoms with Crippen LogP contribution < -0.4 is 5.32 Å². The average Bonchev–Trinajstić information content (AvgIpc) is 2.60. The predicted octanol–water partition coefficient (Wildman–Crippen LogP) is 4.33. The van der Waals surface area contributed by atoms with Crippen LogP contribution in [0.1, 0.15) is 32.5 Å². The number of hydrogen-bond donors (Lipinski definition) is 1. The van der Waals surface area contributed by atoms with E-state index in [-0.39, 0.29) is 17.4 Å². The van der Waals surface area contributed by atoms with Crippen LogP contribution in [0, 0.1) is 0 Å². The summed E-state index contributed by atoms with van der Waals surface area (Å²) in [6, 6.07) is 8.89. The molecule has 1 fully saturated rings. The van der Waals surface area contributed by atoms with Crippen molar-refractivity contribution in [3.63, 3.8) is 0 Å². The summed E-state index contributed by atoms with van der Waals surface area (Å²) in [4.78, 5) is 23.0. The second kappa shape index (κ2) is 8.00. The Labute approximate surface area is 168 Å². The van der Waals surface area contributed by atoms with Crippen molar-refractivity contribution >= 4 is 29.3 Å². The number of benzene rings is 1. The van der Waals surface area contributed by atoms with Crippen LogP contribution in [0.4, 0.5) is 4.79 Å². The summed E-state index contributed by atoms with van der Waals surface area (Å²) in [5, 5.41) is 4.07. The van der Waals surface area contributed by atoms with Gasteiger partial charge < -0.3 is 10.1 Å². The Morgan fingerprint density at radius 2 is 1.93 bits per heavy atom. The number of nitrogens with one attached hydrogen (secondary N) is 1. The first-order chi connectivity index (χ1) is 12.7. The minimum absolute atomic E-state index is 0.132. The van der Waals surface area contributed by atoms with Gasteiger partial charge in [0.15, 0.2) is 0 Å². The smallest absolute Gasteiger partial charge is 0.410 e. The Hall–Kier alpha value is -1.89. The highest BCUT2D eigenvalue weighted by Crippen LogP contribution is 2.28. The molecular weight excluding hydrogens is 387 g/mol. The second-order valence-electron chi connectivity index (χ2n) is 7.35.